The number of benzene rings is 1. The van der Waals surface area contributed by atoms with Crippen LogP contribution in [0.2, 0.25) is 0 Å². The zero-order valence-electron chi connectivity index (χ0n) is 9.65. The van der Waals surface area contributed by atoms with Crippen LogP contribution in [0.25, 0.3) is 0 Å². The van der Waals surface area contributed by atoms with Crippen molar-refractivity contribution >= 4 is 18.4 Å². The third kappa shape index (κ3) is 4.32. The van der Waals surface area contributed by atoms with E-state index in [2.05, 4.69) is 0 Å². The molecule has 1 aromatic carbocycles. The highest BCUT2D eigenvalue weighted by Crippen LogP contribution is 2.21. The van der Waals surface area contributed by atoms with Gasteiger partial charge in [0.1, 0.15) is 5.82 Å². The van der Waals surface area contributed by atoms with Crippen molar-refractivity contribution in [3.63, 3.8) is 0 Å². The van der Waals surface area contributed by atoms with Crippen LogP contribution in [0.5, 0.6) is 0 Å². The van der Waals surface area contributed by atoms with Crippen LogP contribution in [0.3, 0.4) is 0 Å². The summed E-state index contributed by atoms with van der Waals surface area (Å²) in [6, 6.07) is 3.29. The van der Waals surface area contributed by atoms with E-state index in [1.165, 1.54) is 12.1 Å². The second-order valence-corrected chi connectivity index (χ2v) is 3.79. The molecule has 0 fully saturated rings. The lowest BCUT2D eigenvalue weighted by Gasteiger charge is -2.12. The van der Waals surface area contributed by atoms with Gasteiger partial charge in [0.25, 0.3) is 0 Å². The Bertz CT molecular complexity index is 385. The first kappa shape index (κ1) is 15.9. The van der Waals surface area contributed by atoms with Crippen molar-refractivity contribution in [1.29, 1.82) is 0 Å². The maximum absolute atomic E-state index is 13.4. The van der Waals surface area contributed by atoms with Gasteiger partial charge < -0.3 is 10.8 Å². The average Bonchev–Trinajstić information content (AvgIpc) is 2.26. The van der Waals surface area contributed by atoms with Gasteiger partial charge in [-0.1, -0.05) is 19.8 Å². The van der Waals surface area contributed by atoms with E-state index < -0.39 is 17.8 Å². The van der Waals surface area contributed by atoms with Gasteiger partial charge in [-0.05, 0) is 24.6 Å². The van der Waals surface area contributed by atoms with Gasteiger partial charge in [-0.15, -0.1) is 12.4 Å². The first-order valence-electron chi connectivity index (χ1n) is 5.34. The summed E-state index contributed by atoms with van der Waals surface area (Å²) in [4.78, 5) is 10.7. The second-order valence-electron chi connectivity index (χ2n) is 3.79. The van der Waals surface area contributed by atoms with E-state index in [1.807, 2.05) is 6.92 Å². The zero-order valence-corrected chi connectivity index (χ0v) is 10.5. The summed E-state index contributed by atoms with van der Waals surface area (Å²) >= 11 is 0. The molecule has 0 radical (unpaired) electrons. The number of carboxylic acid groups (broad SMARTS) is 1. The number of halogens is 2. The molecule has 3 N–H and O–H groups in total. The molecule has 0 saturated carbocycles. The molecule has 0 heterocycles. The summed E-state index contributed by atoms with van der Waals surface area (Å²) < 4.78 is 13.4. The molecule has 1 atom stereocenters. The molecule has 0 aromatic heterocycles. The minimum atomic E-state index is -1.07. The van der Waals surface area contributed by atoms with Gasteiger partial charge in [0, 0.05) is 11.6 Å². The minimum Gasteiger partial charge on any atom is -0.478 e. The monoisotopic (exact) mass is 261 g/mol. The van der Waals surface area contributed by atoms with Crippen LogP contribution in [0.1, 0.15) is 48.1 Å². The number of unbranched alkanes of at least 4 members (excludes halogenated alkanes) is 1. The van der Waals surface area contributed by atoms with Crippen LogP contribution in [0.15, 0.2) is 18.2 Å². The van der Waals surface area contributed by atoms with Crippen molar-refractivity contribution in [1.82, 2.24) is 0 Å². The van der Waals surface area contributed by atoms with Crippen LogP contribution in [0.4, 0.5) is 4.39 Å². The molecule has 0 spiro atoms. The number of rotatable bonds is 5. The SMILES string of the molecule is CCCC[C@H](N)c1cc(C(=O)O)ccc1F.Cl. The van der Waals surface area contributed by atoms with Crippen LogP contribution in [-0.4, -0.2) is 11.1 Å². The zero-order chi connectivity index (χ0) is 12.1. The summed E-state index contributed by atoms with van der Waals surface area (Å²) in [6.07, 6.45) is 2.54. The Morgan fingerprint density at radius 2 is 2.18 bits per heavy atom. The predicted octanol–water partition coefficient (Wildman–Crippen LogP) is 3.14. The normalized spacial score (nSPS) is 11.7. The molecule has 5 heteroatoms. The summed E-state index contributed by atoms with van der Waals surface area (Å²) in [7, 11) is 0. The second kappa shape index (κ2) is 7.25. The summed E-state index contributed by atoms with van der Waals surface area (Å²) in [5, 5.41) is 8.79. The molecule has 0 saturated heterocycles. The van der Waals surface area contributed by atoms with Gasteiger partial charge in [-0.2, -0.15) is 0 Å². The number of carbonyl (C=O) groups is 1. The van der Waals surface area contributed by atoms with E-state index in [4.69, 9.17) is 10.8 Å². The molecule has 96 valence electrons. The molecule has 0 aliphatic carbocycles. The van der Waals surface area contributed by atoms with Crippen molar-refractivity contribution in [2.75, 3.05) is 0 Å². The maximum Gasteiger partial charge on any atom is 0.335 e. The van der Waals surface area contributed by atoms with Crippen LogP contribution in [0, 0.1) is 5.82 Å². The van der Waals surface area contributed by atoms with E-state index in [-0.39, 0.29) is 23.5 Å². The lowest BCUT2D eigenvalue weighted by molar-refractivity contribution is 0.0696. The number of aromatic carboxylic acids is 1. The highest BCUT2D eigenvalue weighted by Gasteiger charge is 2.13. The molecular formula is C12H17ClFNO2. The molecular weight excluding hydrogens is 245 g/mol. The Labute approximate surface area is 106 Å². The van der Waals surface area contributed by atoms with Crippen molar-refractivity contribution in [3.05, 3.63) is 35.1 Å². The van der Waals surface area contributed by atoms with Crippen molar-refractivity contribution < 1.29 is 14.3 Å². The molecule has 3 nitrogen and oxygen atoms in total. The topological polar surface area (TPSA) is 63.3 Å². The van der Waals surface area contributed by atoms with Crippen molar-refractivity contribution in [2.45, 2.75) is 32.2 Å². The Balaban J connectivity index is 0.00000256. The Hall–Kier alpha value is -1.13. The van der Waals surface area contributed by atoms with Gasteiger partial charge in [-0.25, -0.2) is 9.18 Å². The minimum absolute atomic E-state index is 0. The number of nitrogens with two attached hydrogens (primary N) is 1. The fraction of sp³-hybridized carbons (Fsp3) is 0.417. The van der Waals surface area contributed by atoms with Gasteiger partial charge in [0.2, 0.25) is 0 Å². The van der Waals surface area contributed by atoms with Gasteiger partial charge in [0.15, 0.2) is 0 Å². The number of hydrogen-bond acceptors (Lipinski definition) is 2. The third-order valence-corrected chi connectivity index (χ3v) is 2.51. The molecule has 17 heavy (non-hydrogen) atoms. The fourth-order valence-electron chi connectivity index (χ4n) is 1.54. The van der Waals surface area contributed by atoms with Crippen molar-refractivity contribution in [3.8, 4) is 0 Å². The van der Waals surface area contributed by atoms with E-state index in [9.17, 15) is 9.18 Å². The van der Waals surface area contributed by atoms with E-state index >= 15 is 0 Å². The number of hydrogen-bond donors (Lipinski definition) is 2. The van der Waals surface area contributed by atoms with Gasteiger partial charge >= 0.3 is 5.97 Å². The quantitative estimate of drug-likeness (QED) is 0.856. The van der Waals surface area contributed by atoms with E-state index in [0.29, 0.717) is 6.42 Å². The van der Waals surface area contributed by atoms with Gasteiger partial charge in [0.05, 0.1) is 5.56 Å². The predicted molar refractivity (Wildman–Crippen MR) is 67.1 cm³/mol. The highest BCUT2D eigenvalue weighted by atomic mass is 35.5. The highest BCUT2D eigenvalue weighted by molar-refractivity contribution is 5.87. The number of carboxylic acids is 1. The van der Waals surface area contributed by atoms with Crippen LogP contribution < -0.4 is 5.73 Å². The molecule has 1 aromatic rings. The van der Waals surface area contributed by atoms with E-state index in [0.717, 1.165) is 18.9 Å². The average molecular weight is 262 g/mol. The van der Waals surface area contributed by atoms with Crippen molar-refractivity contribution in [2.24, 2.45) is 5.73 Å². The smallest absolute Gasteiger partial charge is 0.335 e. The first-order valence-corrected chi connectivity index (χ1v) is 5.34. The largest absolute Gasteiger partial charge is 0.478 e. The summed E-state index contributed by atoms with van der Waals surface area (Å²) in [6.45, 7) is 2.02. The standard InChI is InChI=1S/C12H16FNO2.ClH/c1-2-3-4-11(14)9-7-8(12(15)16)5-6-10(9)13;/h5-7,11H,2-4,14H2,1H3,(H,15,16);1H/t11-;/m0./s1. The fourth-order valence-corrected chi connectivity index (χ4v) is 1.54. The lowest BCUT2D eigenvalue weighted by Crippen LogP contribution is -2.13. The Kier molecular flexibility index (Phi) is 6.76. The van der Waals surface area contributed by atoms with E-state index in [1.54, 1.807) is 0 Å². The maximum atomic E-state index is 13.4. The molecule has 0 aliphatic rings. The van der Waals surface area contributed by atoms with Gasteiger partial charge in [-0.3, -0.25) is 0 Å². The summed E-state index contributed by atoms with van der Waals surface area (Å²) in [5.74, 6) is -1.50. The summed E-state index contributed by atoms with van der Waals surface area (Å²) in [5.41, 5.74) is 6.18. The molecule has 1 rings (SSSR count). The lowest BCUT2D eigenvalue weighted by atomic mass is 9.99. The van der Waals surface area contributed by atoms with Crippen LogP contribution in [-0.2, 0) is 0 Å². The molecule has 0 bridgehead atoms. The Morgan fingerprint density at radius 3 is 2.71 bits per heavy atom. The molecule has 0 aliphatic heterocycles. The third-order valence-electron chi connectivity index (χ3n) is 2.51. The molecule has 0 unspecified atom stereocenters. The molecule has 0 amide bonds. The Morgan fingerprint density at radius 1 is 1.53 bits per heavy atom. The first-order chi connectivity index (χ1) is 7.56. The van der Waals surface area contributed by atoms with Crippen LogP contribution >= 0.6 is 12.4 Å².